The molecule has 0 aliphatic carbocycles. The van der Waals surface area contributed by atoms with Gasteiger partial charge in [0.25, 0.3) is 0 Å². The van der Waals surface area contributed by atoms with Gasteiger partial charge in [-0.25, -0.2) is 0 Å². The number of carbonyl (C=O) groups excluding carboxylic acids is 3. The maximum Gasteiger partial charge on any atom is 0.306 e. The number of rotatable bonds is 60. The van der Waals surface area contributed by atoms with Crippen molar-refractivity contribution in [2.24, 2.45) is 0 Å². The topological polar surface area (TPSA) is 78.9 Å². The van der Waals surface area contributed by atoms with Crippen LogP contribution in [0.15, 0.2) is 146 Å². The summed E-state index contributed by atoms with van der Waals surface area (Å²) in [5, 5.41) is 0. The normalized spacial score (nSPS) is 13.1. The molecule has 6 nitrogen and oxygen atoms in total. The molecule has 0 aromatic heterocycles. The second kappa shape index (κ2) is 68.8. The molecular formula is C76H124O6. The number of ether oxygens (including phenoxy) is 3. The van der Waals surface area contributed by atoms with E-state index in [4.69, 9.17) is 14.2 Å². The van der Waals surface area contributed by atoms with Crippen LogP contribution in [0.2, 0.25) is 0 Å². The quantitative estimate of drug-likeness (QED) is 0.0261. The lowest BCUT2D eigenvalue weighted by Gasteiger charge is -2.18. The lowest BCUT2D eigenvalue weighted by Crippen LogP contribution is -2.30. The van der Waals surface area contributed by atoms with Gasteiger partial charge in [0.1, 0.15) is 13.2 Å². The van der Waals surface area contributed by atoms with E-state index in [0.717, 1.165) is 148 Å². The van der Waals surface area contributed by atoms with Crippen LogP contribution in [0.4, 0.5) is 0 Å². The van der Waals surface area contributed by atoms with Gasteiger partial charge in [0.15, 0.2) is 6.10 Å². The van der Waals surface area contributed by atoms with Crippen molar-refractivity contribution in [3.05, 3.63) is 146 Å². The Morgan fingerprint density at radius 3 is 0.805 bits per heavy atom. The van der Waals surface area contributed by atoms with E-state index < -0.39 is 6.10 Å². The maximum atomic E-state index is 12.9. The zero-order chi connectivity index (χ0) is 59.2. The van der Waals surface area contributed by atoms with E-state index in [2.05, 4.69) is 167 Å². The summed E-state index contributed by atoms with van der Waals surface area (Å²) in [5.74, 6) is -0.915. The van der Waals surface area contributed by atoms with Crippen molar-refractivity contribution in [1.82, 2.24) is 0 Å². The molecule has 464 valence electrons. The highest BCUT2D eigenvalue weighted by atomic mass is 16.6. The Morgan fingerprint density at radius 2 is 0.500 bits per heavy atom. The highest BCUT2D eigenvalue weighted by molar-refractivity contribution is 5.71. The van der Waals surface area contributed by atoms with E-state index in [1.165, 1.54) is 109 Å². The summed E-state index contributed by atoms with van der Waals surface area (Å²) in [7, 11) is 0. The summed E-state index contributed by atoms with van der Waals surface area (Å²) in [5.41, 5.74) is 0. The maximum absolute atomic E-state index is 12.9. The molecule has 0 rings (SSSR count). The van der Waals surface area contributed by atoms with Crippen LogP contribution in [0.5, 0.6) is 0 Å². The van der Waals surface area contributed by atoms with Gasteiger partial charge in [-0.2, -0.15) is 0 Å². The van der Waals surface area contributed by atoms with Gasteiger partial charge in [0.2, 0.25) is 0 Å². The Labute approximate surface area is 506 Å². The lowest BCUT2D eigenvalue weighted by atomic mass is 10.1. The smallest absolute Gasteiger partial charge is 0.306 e. The summed E-state index contributed by atoms with van der Waals surface area (Å²) in [4.78, 5) is 38.3. The zero-order valence-corrected chi connectivity index (χ0v) is 53.2. The van der Waals surface area contributed by atoms with Crippen molar-refractivity contribution >= 4 is 17.9 Å². The molecule has 0 saturated heterocycles. The van der Waals surface area contributed by atoms with Crippen molar-refractivity contribution in [2.75, 3.05) is 13.2 Å². The average molecular weight is 1130 g/mol. The first-order valence-electron chi connectivity index (χ1n) is 33.8. The molecule has 1 unspecified atom stereocenters. The van der Waals surface area contributed by atoms with Crippen LogP contribution in [0.25, 0.3) is 0 Å². The largest absolute Gasteiger partial charge is 0.462 e. The van der Waals surface area contributed by atoms with Crippen LogP contribution in [0.1, 0.15) is 297 Å². The minimum atomic E-state index is -0.793. The summed E-state index contributed by atoms with van der Waals surface area (Å²) in [6, 6.07) is 0. The Hall–Kier alpha value is -4.71. The lowest BCUT2D eigenvalue weighted by molar-refractivity contribution is -0.167. The molecule has 0 radical (unpaired) electrons. The van der Waals surface area contributed by atoms with Gasteiger partial charge < -0.3 is 14.2 Å². The fourth-order valence-electron chi connectivity index (χ4n) is 9.00. The second-order valence-electron chi connectivity index (χ2n) is 22.0. The Morgan fingerprint density at radius 1 is 0.256 bits per heavy atom. The molecule has 0 spiro atoms. The number of carbonyl (C=O) groups is 3. The fraction of sp³-hybridized carbons (Fsp3) is 0.645. The number of hydrogen-bond donors (Lipinski definition) is 0. The first-order chi connectivity index (χ1) is 40.5. The van der Waals surface area contributed by atoms with Gasteiger partial charge in [-0.05, 0) is 141 Å². The van der Waals surface area contributed by atoms with Crippen LogP contribution in [0, 0.1) is 0 Å². The molecule has 0 aliphatic heterocycles. The monoisotopic (exact) mass is 1130 g/mol. The molecule has 0 aromatic rings. The summed E-state index contributed by atoms with van der Waals surface area (Å²) in [6.07, 6.45) is 98.7. The first kappa shape index (κ1) is 77.3. The van der Waals surface area contributed by atoms with Crippen LogP contribution in [-0.2, 0) is 28.6 Å². The first-order valence-corrected chi connectivity index (χ1v) is 33.8. The van der Waals surface area contributed by atoms with Gasteiger partial charge in [0.05, 0.1) is 0 Å². The zero-order valence-electron chi connectivity index (χ0n) is 53.2. The molecule has 6 heteroatoms. The molecule has 0 fully saturated rings. The molecular weight excluding hydrogens is 1010 g/mol. The van der Waals surface area contributed by atoms with Crippen molar-refractivity contribution in [2.45, 2.75) is 303 Å². The molecule has 1 atom stereocenters. The van der Waals surface area contributed by atoms with Gasteiger partial charge in [-0.3, -0.25) is 14.4 Å². The third-order valence-electron chi connectivity index (χ3n) is 14.0. The summed E-state index contributed by atoms with van der Waals surface area (Å²) < 4.78 is 16.9. The standard InChI is InChI=1S/C76H124O6/c1-4-7-10-13-16-19-22-24-26-28-30-31-32-33-34-35-36-37-38-39-40-41-42-43-44-45-47-48-50-52-54-57-60-63-66-69-75(78)81-72-73(71-80-74(77)68-65-62-59-56-21-18-15-12-9-6-3)82-76(79)70-67-64-61-58-55-53-51-49-46-29-27-25-23-20-17-14-11-8-5-2/h7,10,12,15-17,19-20,24-27,30-31,33-34,36-37,39-40,42-43,45,47,73H,4-6,8-9,11,13-14,18,21-23,28-29,32,35,38,41,44,46,48-72H2,1-3H3/b10-7-,15-12-,19-16-,20-17-,26-24-,27-25-,31-30-,34-33-,37-36-,40-39-,43-42-,47-45-. The predicted octanol–water partition coefficient (Wildman–Crippen LogP) is 23.5. The molecule has 0 heterocycles. The van der Waals surface area contributed by atoms with E-state index in [1.807, 2.05) is 0 Å². The third kappa shape index (κ3) is 66.1. The molecule has 0 aliphatic rings. The van der Waals surface area contributed by atoms with Gasteiger partial charge in [-0.15, -0.1) is 0 Å². The van der Waals surface area contributed by atoms with E-state index in [-0.39, 0.29) is 31.1 Å². The molecule has 0 saturated carbocycles. The number of hydrogen-bond acceptors (Lipinski definition) is 6. The SMILES string of the molecule is CC/C=C\C/C=C\C/C=C\C/C=C\C/C=C\C/C=C\C/C=C\C/C=C\C/C=C\CCCCCCCCCC(=O)OCC(COC(=O)CCCCCCC/C=C\CCC)OC(=O)CCCCCCCCCCC/C=C\C/C=C\CCCCC. The molecule has 82 heavy (non-hydrogen) atoms. The molecule has 0 bridgehead atoms. The third-order valence-corrected chi connectivity index (χ3v) is 14.0. The number of unbranched alkanes of at least 4 members (excludes halogenated alkanes) is 25. The Bertz CT molecular complexity index is 1780. The summed E-state index contributed by atoms with van der Waals surface area (Å²) >= 11 is 0. The molecule has 0 amide bonds. The van der Waals surface area contributed by atoms with E-state index in [0.29, 0.717) is 19.3 Å². The minimum absolute atomic E-state index is 0.0905. The second-order valence-corrected chi connectivity index (χ2v) is 22.0. The van der Waals surface area contributed by atoms with E-state index in [1.54, 1.807) is 0 Å². The van der Waals surface area contributed by atoms with Crippen LogP contribution >= 0.6 is 0 Å². The fourth-order valence-corrected chi connectivity index (χ4v) is 9.00. The van der Waals surface area contributed by atoms with Gasteiger partial charge in [0, 0.05) is 19.3 Å². The van der Waals surface area contributed by atoms with Crippen molar-refractivity contribution in [3.63, 3.8) is 0 Å². The van der Waals surface area contributed by atoms with Crippen LogP contribution in [-0.4, -0.2) is 37.2 Å². The van der Waals surface area contributed by atoms with Crippen molar-refractivity contribution < 1.29 is 28.6 Å². The van der Waals surface area contributed by atoms with E-state index >= 15 is 0 Å². The Balaban J connectivity index is 4.24. The Kier molecular flexibility index (Phi) is 64.8. The number of esters is 3. The number of allylic oxidation sites excluding steroid dienone is 24. The van der Waals surface area contributed by atoms with Crippen LogP contribution in [0.3, 0.4) is 0 Å². The molecule has 0 N–H and O–H groups in total. The van der Waals surface area contributed by atoms with Crippen molar-refractivity contribution in [1.29, 1.82) is 0 Å². The average Bonchev–Trinajstić information content (AvgIpc) is 3.48. The van der Waals surface area contributed by atoms with Gasteiger partial charge >= 0.3 is 17.9 Å². The predicted molar refractivity (Wildman–Crippen MR) is 357 cm³/mol. The highest BCUT2D eigenvalue weighted by Gasteiger charge is 2.19. The summed E-state index contributed by atoms with van der Waals surface area (Å²) in [6.45, 7) is 6.43. The minimum Gasteiger partial charge on any atom is -0.462 e. The molecule has 0 aromatic carbocycles. The van der Waals surface area contributed by atoms with Crippen LogP contribution < -0.4 is 0 Å². The highest BCUT2D eigenvalue weighted by Crippen LogP contribution is 2.15. The van der Waals surface area contributed by atoms with Crippen molar-refractivity contribution in [3.8, 4) is 0 Å². The van der Waals surface area contributed by atoms with E-state index in [9.17, 15) is 14.4 Å². The van der Waals surface area contributed by atoms with Gasteiger partial charge in [-0.1, -0.05) is 282 Å².